The Morgan fingerprint density at radius 1 is 1.16 bits per heavy atom. The number of nitrogens with zero attached hydrogens (tertiary/aromatic N) is 1. The maximum absolute atomic E-state index is 13.0. The molecule has 0 saturated heterocycles. The van der Waals surface area contributed by atoms with Gasteiger partial charge in [-0.1, -0.05) is 36.4 Å². The monoisotopic (exact) mass is 455 g/mol. The van der Waals surface area contributed by atoms with Crippen molar-refractivity contribution in [3.63, 3.8) is 0 Å². The zero-order valence-corrected chi connectivity index (χ0v) is 18.8. The number of hydrogen-bond acceptors (Lipinski definition) is 5. The van der Waals surface area contributed by atoms with Gasteiger partial charge in [-0.05, 0) is 47.3 Å². The highest BCUT2D eigenvalue weighted by atomic mass is 32.2. The smallest absolute Gasteiger partial charge is 0.326 e. The zero-order valence-electron chi connectivity index (χ0n) is 17.2. The Morgan fingerprint density at radius 3 is 2.65 bits per heavy atom. The lowest BCUT2D eigenvalue weighted by Crippen LogP contribution is -2.41. The minimum atomic E-state index is -1.02. The van der Waals surface area contributed by atoms with Crippen LogP contribution in [0, 0.1) is 0 Å². The molecule has 1 atom stereocenters. The summed E-state index contributed by atoms with van der Waals surface area (Å²) < 4.78 is 0. The molecule has 0 aliphatic carbocycles. The molecule has 6 nitrogen and oxygen atoms in total. The highest BCUT2D eigenvalue weighted by Gasteiger charge is 2.22. The van der Waals surface area contributed by atoms with Gasteiger partial charge in [0.05, 0.1) is 6.33 Å². The molecule has 0 fully saturated rings. The number of imidazole rings is 1. The molecule has 3 rings (SSSR count). The number of thioether (sulfide) groups is 2. The van der Waals surface area contributed by atoms with E-state index in [0.29, 0.717) is 17.7 Å². The number of H-pyrrole nitrogens is 1. The van der Waals surface area contributed by atoms with Gasteiger partial charge < -0.3 is 15.4 Å². The van der Waals surface area contributed by atoms with Crippen molar-refractivity contribution < 1.29 is 14.7 Å². The van der Waals surface area contributed by atoms with E-state index in [4.69, 9.17) is 0 Å². The molecule has 31 heavy (non-hydrogen) atoms. The quantitative estimate of drug-likeness (QED) is 0.395. The predicted molar refractivity (Wildman–Crippen MR) is 127 cm³/mol. The molecule has 0 radical (unpaired) electrons. The van der Waals surface area contributed by atoms with Crippen molar-refractivity contribution in [2.45, 2.75) is 24.0 Å². The first-order valence-corrected chi connectivity index (χ1v) is 12.4. The summed E-state index contributed by atoms with van der Waals surface area (Å²) in [5.74, 6) is 0.875. The van der Waals surface area contributed by atoms with Crippen molar-refractivity contribution in [1.29, 1.82) is 0 Å². The minimum Gasteiger partial charge on any atom is -0.480 e. The number of carboxylic acids is 1. The first-order valence-electron chi connectivity index (χ1n) is 9.84. The number of carboxylic acid groups (broad SMARTS) is 1. The molecule has 162 valence electrons. The van der Waals surface area contributed by atoms with Crippen molar-refractivity contribution in [3.8, 4) is 11.1 Å². The Bertz CT molecular complexity index is 995. The first-order chi connectivity index (χ1) is 15.1. The fraction of sp³-hybridized carbons (Fsp3) is 0.261. The van der Waals surface area contributed by atoms with Crippen LogP contribution in [0.3, 0.4) is 0 Å². The Kier molecular flexibility index (Phi) is 8.61. The summed E-state index contributed by atoms with van der Waals surface area (Å²) in [5.41, 5.74) is 4.35. The van der Waals surface area contributed by atoms with E-state index in [2.05, 4.69) is 15.3 Å². The lowest BCUT2D eigenvalue weighted by Gasteiger charge is -2.17. The van der Waals surface area contributed by atoms with E-state index >= 15 is 0 Å². The van der Waals surface area contributed by atoms with Crippen LogP contribution in [-0.2, 0) is 16.3 Å². The highest BCUT2D eigenvalue weighted by molar-refractivity contribution is 7.98. The van der Waals surface area contributed by atoms with Gasteiger partial charge in [0.15, 0.2) is 0 Å². The van der Waals surface area contributed by atoms with E-state index in [1.807, 2.05) is 54.9 Å². The molecule has 1 heterocycles. The SMILES string of the molecule is CSCC[C@H](NC(=O)c1ccc(CSCc2cnc[nH]2)cc1-c1ccccc1)C(=O)O. The molecule has 0 unspecified atom stereocenters. The average Bonchev–Trinajstić information content (AvgIpc) is 3.30. The van der Waals surface area contributed by atoms with Crippen LogP contribution in [-0.4, -0.2) is 45.0 Å². The number of nitrogens with one attached hydrogen (secondary N) is 2. The van der Waals surface area contributed by atoms with Crippen molar-refractivity contribution in [3.05, 3.63) is 77.9 Å². The summed E-state index contributed by atoms with van der Waals surface area (Å²) in [4.78, 5) is 31.7. The molecule has 3 aromatic rings. The number of amides is 1. The fourth-order valence-corrected chi connectivity index (χ4v) is 4.47. The third-order valence-electron chi connectivity index (χ3n) is 4.71. The van der Waals surface area contributed by atoms with Crippen LogP contribution < -0.4 is 5.32 Å². The van der Waals surface area contributed by atoms with Crippen LogP contribution in [0.2, 0.25) is 0 Å². The second-order valence-electron chi connectivity index (χ2n) is 6.96. The molecule has 0 spiro atoms. The molecular weight excluding hydrogens is 430 g/mol. The average molecular weight is 456 g/mol. The number of aromatic amines is 1. The van der Waals surface area contributed by atoms with Gasteiger partial charge in [0.1, 0.15) is 6.04 Å². The summed E-state index contributed by atoms with van der Waals surface area (Å²) in [6.45, 7) is 0. The maximum Gasteiger partial charge on any atom is 0.326 e. The summed E-state index contributed by atoms with van der Waals surface area (Å²) in [7, 11) is 0. The van der Waals surface area contributed by atoms with Gasteiger partial charge >= 0.3 is 5.97 Å². The minimum absolute atomic E-state index is 0.371. The number of carbonyl (C=O) groups excluding carboxylic acids is 1. The molecule has 1 aromatic heterocycles. The molecule has 2 aromatic carbocycles. The van der Waals surface area contributed by atoms with Crippen LogP contribution in [0.25, 0.3) is 11.1 Å². The second kappa shape index (κ2) is 11.6. The largest absolute Gasteiger partial charge is 0.480 e. The van der Waals surface area contributed by atoms with Gasteiger partial charge in [0.25, 0.3) is 5.91 Å². The van der Waals surface area contributed by atoms with Crippen LogP contribution in [0.5, 0.6) is 0 Å². The van der Waals surface area contributed by atoms with Gasteiger partial charge in [-0.3, -0.25) is 4.79 Å². The Hall–Kier alpha value is -2.71. The summed E-state index contributed by atoms with van der Waals surface area (Å²) in [6.07, 6.45) is 5.77. The molecule has 1 amide bonds. The fourth-order valence-electron chi connectivity index (χ4n) is 3.11. The second-order valence-corrected chi connectivity index (χ2v) is 8.93. The summed E-state index contributed by atoms with van der Waals surface area (Å²) >= 11 is 3.31. The number of hydrogen-bond donors (Lipinski definition) is 3. The molecule has 0 aliphatic heterocycles. The van der Waals surface area contributed by atoms with Crippen LogP contribution in [0.4, 0.5) is 0 Å². The maximum atomic E-state index is 13.0. The van der Waals surface area contributed by atoms with E-state index in [0.717, 1.165) is 33.9 Å². The lowest BCUT2D eigenvalue weighted by atomic mass is 9.97. The van der Waals surface area contributed by atoms with E-state index in [9.17, 15) is 14.7 Å². The molecule has 0 aliphatic rings. The van der Waals surface area contributed by atoms with Gasteiger partial charge in [-0.25, -0.2) is 9.78 Å². The summed E-state index contributed by atoms with van der Waals surface area (Å²) in [5, 5.41) is 12.2. The van der Waals surface area contributed by atoms with Gasteiger partial charge in [0.2, 0.25) is 0 Å². The van der Waals surface area contributed by atoms with Crippen molar-refractivity contribution >= 4 is 35.4 Å². The van der Waals surface area contributed by atoms with Crippen molar-refractivity contribution in [1.82, 2.24) is 15.3 Å². The predicted octanol–water partition coefficient (Wildman–Crippen LogP) is 4.45. The van der Waals surface area contributed by atoms with Gasteiger partial charge in [0, 0.05) is 29.0 Å². The van der Waals surface area contributed by atoms with Crippen molar-refractivity contribution in [2.24, 2.45) is 0 Å². The van der Waals surface area contributed by atoms with Crippen molar-refractivity contribution in [2.75, 3.05) is 12.0 Å². The van der Waals surface area contributed by atoms with E-state index in [1.165, 1.54) is 0 Å². The van der Waals surface area contributed by atoms with Crippen LogP contribution >= 0.6 is 23.5 Å². The molecule has 0 bridgehead atoms. The first kappa shape index (κ1) is 23.0. The standard InChI is InChI=1S/C23H25N3O3S2/c1-30-10-9-21(23(28)29)26-22(27)19-8-7-16(13-31-14-18-12-24-15-25-18)11-20(19)17-5-3-2-4-6-17/h2-8,11-12,15,21H,9-10,13-14H2,1H3,(H,24,25)(H,26,27)(H,28,29)/t21-/m0/s1. The third kappa shape index (κ3) is 6.63. The summed E-state index contributed by atoms with van der Waals surface area (Å²) in [6, 6.07) is 14.5. The number of rotatable bonds is 11. The normalized spacial score (nSPS) is 11.8. The van der Waals surface area contributed by atoms with E-state index in [-0.39, 0.29) is 5.91 Å². The molecular formula is C23H25N3O3S2. The number of carbonyl (C=O) groups is 2. The highest BCUT2D eigenvalue weighted by Crippen LogP contribution is 2.27. The van der Waals surface area contributed by atoms with E-state index in [1.54, 1.807) is 35.9 Å². The third-order valence-corrected chi connectivity index (χ3v) is 6.41. The van der Waals surface area contributed by atoms with E-state index < -0.39 is 12.0 Å². The topological polar surface area (TPSA) is 95.1 Å². The number of aromatic nitrogens is 2. The number of aliphatic carboxylic acids is 1. The molecule has 0 saturated carbocycles. The zero-order chi connectivity index (χ0) is 22.1. The van der Waals surface area contributed by atoms with Crippen LogP contribution in [0.1, 0.15) is 28.0 Å². The lowest BCUT2D eigenvalue weighted by molar-refractivity contribution is -0.139. The Labute approximate surface area is 190 Å². The Morgan fingerprint density at radius 2 is 1.97 bits per heavy atom. The Balaban J connectivity index is 1.81. The molecule has 8 heteroatoms. The number of benzene rings is 2. The van der Waals surface area contributed by atoms with Gasteiger partial charge in [-0.2, -0.15) is 23.5 Å². The van der Waals surface area contributed by atoms with Crippen LogP contribution in [0.15, 0.2) is 61.1 Å². The van der Waals surface area contributed by atoms with Gasteiger partial charge in [-0.15, -0.1) is 0 Å². The molecule has 3 N–H and O–H groups in total.